The summed E-state index contributed by atoms with van der Waals surface area (Å²) in [6.45, 7) is 3.43. The molecule has 0 saturated heterocycles. The summed E-state index contributed by atoms with van der Waals surface area (Å²) in [5, 5.41) is 12.5. The average molecular weight is 622 g/mol. The quantitative estimate of drug-likeness (QED) is 0.353. The monoisotopic (exact) mass is 621 g/mol. The number of rotatable bonds is 9. The van der Waals surface area contributed by atoms with E-state index in [1.807, 2.05) is 18.2 Å². The number of nitrogens with two attached hydrogens (primary N) is 1. The largest absolute Gasteiger partial charge is 0.398 e. The van der Waals surface area contributed by atoms with Crippen molar-refractivity contribution >= 4 is 44.4 Å². The molecule has 0 unspecified atom stereocenters. The minimum Gasteiger partial charge on any atom is -0.368 e. The van der Waals surface area contributed by atoms with Crippen LogP contribution in [0.15, 0.2) is 53.0 Å². The number of primary amides is 1. The van der Waals surface area contributed by atoms with Crippen LogP contribution in [0.3, 0.4) is 0 Å². The number of hydrogen-bond donors (Lipinski definition) is 2. The van der Waals surface area contributed by atoms with Crippen LogP contribution in [0.5, 0.6) is 0 Å². The molecule has 0 spiro atoms. The number of alkyl halides is 3. The number of halogens is 5. The fraction of sp³-hybridized carbons (Fsp3) is 0.391. The molecule has 3 atom stereocenters. The molecule has 0 heterocycles. The molecule has 4 nitrogen and oxygen atoms in total. The molecule has 1 amide bonds. The standard InChI is InChI=1S/C23H24BrF3IN3O/c1-14(2)12-22(21(30)32,20(23(25,26)27)16-5-7-17(24)8-6-16)31-19(13-29)11-15-3-9-18(28)10-4-15/h3-10,14,19-20,31H,11-12H2,1-2H3,(H2,30,32)/t19-,20-,22+/m0/s1. The van der Waals surface area contributed by atoms with E-state index in [0.29, 0.717) is 4.47 Å². The molecule has 2 rings (SSSR count). The van der Waals surface area contributed by atoms with Crippen LogP contribution in [0.2, 0.25) is 0 Å². The Morgan fingerprint density at radius 2 is 1.72 bits per heavy atom. The molecule has 0 aliphatic rings. The van der Waals surface area contributed by atoms with Crippen LogP contribution in [0.1, 0.15) is 37.3 Å². The molecule has 0 aliphatic carbocycles. The van der Waals surface area contributed by atoms with Crippen molar-refractivity contribution < 1.29 is 18.0 Å². The number of amides is 1. The maximum Gasteiger partial charge on any atom is 0.398 e. The zero-order chi connectivity index (χ0) is 24.1. The molecule has 0 aromatic heterocycles. The Bertz CT molecular complexity index is 958. The van der Waals surface area contributed by atoms with E-state index < -0.39 is 29.6 Å². The van der Waals surface area contributed by atoms with Crippen LogP contribution in [0, 0.1) is 20.8 Å². The molecular weight excluding hydrogens is 598 g/mol. The first-order valence-electron chi connectivity index (χ1n) is 9.93. The molecule has 3 N–H and O–H groups in total. The number of benzene rings is 2. The second-order valence-corrected chi connectivity index (χ2v) is 10.3. The number of hydrogen-bond acceptors (Lipinski definition) is 3. The maximum absolute atomic E-state index is 14.5. The van der Waals surface area contributed by atoms with Crippen molar-refractivity contribution in [2.45, 2.75) is 50.4 Å². The van der Waals surface area contributed by atoms with Crippen LogP contribution < -0.4 is 11.1 Å². The number of carbonyl (C=O) groups is 1. The van der Waals surface area contributed by atoms with Gasteiger partial charge in [0.1, 0.15) is 17.5 Å². The van der Waals surface area contributed by atoms with Gasteiger partial charge in [-0.15, -0.1) is 0 Å². The number of carbonyl (C=O) groups excluding carboxylic acids is 1. The van der Waals surface area contributed by atoms with Crippen molar-refractivity contribution in [3.05, 3.63) is 67.7 Å². The van der Waals surface area contributed by atoms with Crippen molar-refractivity contribution in [1.82, 2.24) is 5.32 Å². The highest BCUT2D eigenvalue weighted by Crippen LogP contribution is 2.45. The van der Waals surface area contributed by atoms with E-state index in [1.54, 1.807) is 26.0 Å². The van der Waals surface area contributed by atoms with Crippen molar-refractivity contribution in [1.29, 1.82) is 5.26 Å². The van der Waals surface area contributed by atoms with Gasteiger partial charge in [0, 0.05) is 14.5 Å². The molecule has 0 saturated carbocycles. The zero-order valence-electron chi connectivity index (χ0n) is 17.6. The van der Waals surface area contributed by atoms with Gasteiger partial charge in [-0.2, -0.15) is 18.4 Å². The summed E-state index contributed by atoms with van der Waals surface area (Å²) >= 11 is 5.37. The smallest absolute Gasteiger partial charge is 0.368 e. The van der Waals surface area contributed by atoms with Gasteiger partial charge in [0.25, 0.3) is 0 Å². The third-order valence-electron chi connectivity index (χ3n) is 5.13. The van der Waals surface area contributed by atoms with Crippen LogP contribution in [0.4, 0.5) is 13.2 Å². The van der Waals surface area contributed by atoms with E-state index in [9.17, 15) is 23.2 Å². The van der Waals surface area contributed by atoms with Crippen molar-refractivity contribution in [2.75, 3.05) is 0 Å². The van der Waals surface area contributed by atoms with Crippen molar-refractivity contribution in [3.8, 4) is 6.07 Å². The lowest BCUT2D eigenvalue weighted by molar-refractivity contribution is -0.176. The normalized spacial score (nSPS) is 15.6. The fourth-order valence-corrected chi connectivity index (χ4v) is 4.55. The summed E-state index contributed by atoms with van der Waals surface area (Å²) < 4.78 is 45.1. The topological polar surface area (TPSA) is 78.9 Å². The zero-order valence-corrected chi connectivity index (χ0v) is 21.3. The number of nitriles is 1. The Balaban J connectivity index is 2.59. The molecule has 32 heavy (non-hydrogen) atoms. The molecule has 0 fully saturated rings. The summed E-state index contributed by atoms with van der Waals surface area (Å²) in [6, 6.07) is 13.9. The molecule has 2 aromatic rings. The highest BCUT2D eigenvalue weighted by atomic mass is 127. The number of nitrogens with zero attached hydrogens (tertiary/aromatic N) is 1. The first kappa shape index (κ1) is 26.6. The third kappa shape index (κ3) is 6.68. The van der Waals surface area contributed by atoms with Gasteiger partial charge >= 0.3 is 6.18 Å². The van der Waals surface area contributed by atoms with Crippen LogP contribution in [0.25, 0.3) is 0 Å². The Labute approximate surface area is 208 Å². The van der Waals surface area contributed by atoms with Crippen LogP contribution >= 0.6 is 38.5 Å². The second kappa shape index (κ2) is 11.0. The van der Waals surface area contributed by atoms with Gasteiger partial charge in [-0.3, -0.25) is 10.1 Å². The van der Waals surface area contributed by atoms with Gasteiger partial charge in [-0.25, -0.2) is 0 Å². The van der Waals surface area contributed by atoms with E-state index in [4.69, 9.17) is 5.73 Å². The van der Waals surface area contributed by atoms with Gasteiger partial charge in [0.15, 0.2) is 0 Å². The number of nitrogens with one attached hydrogen (secondary N) is 1. The second-order valence-electron chi connectivity index (χ2n) is 8.12. The fourth-order valence-electron chi connectivity index (χ4n) is 3.92. The highest BCUT2D eigenvalue weighted by Gasteiger charge is 2.58. The predicted molar refractivity (Wildman–Crippen MR) is 130 cm³/mol. The molecule has 9 heteroatoms. The van der Waals surface area contributed by atoms with E-state index in [1.165, 1.54) is 24.3 Å². The summed E-state index contributed by atoms with van der Waals surface area (Å²) in [6.07, 6.45) is -4.84. The summed E-state index contributed by atoms with van der Waals surface area (Å²) in [5.74, 6) is -3.66. The summed E-state index contributed by atoms with van der Waals surface area (Å²) in [4.78, 5) is 12.8. The summed E-state index contributed by atoms with van der Waals surface area (Å²) in [7, 11) is 0. The third-order valence-corrected chi connectivity index (χ3v) is 6.38. The lowest BCUT2D eigenvalue weighted by Gasteiger charge is -2.42. The molecule has 2 aromatic carbocycles. The minimum atomic E-state index is -4.78. The van der Waals surface area contributed by atoms with Crippen LogP contribution in [-0.2, 0) is 11.2 Å². The molecule has 172 valence electrons. The average Bonchev–Trinajstić information content (AvgIpc) is 2.69. The van der Waals surface area contributed by atoms with Gasteiger partial charge in [0.05, 0.1) is 6.07 Å². The van der Waals surface area contributed by atoms with E-state index >= 15 is 0 Å². The van der Waals surface area contributed by atoms with Crippen molar-refractivity contribution in [2.24, 2.45) is 11.7 Å². The van der Waals surface area contributed by atoms with Gasteiger partial charge in [-0.05, 0) is 70.3 Å². The van der Waals surface area contributed by atoms with E-state index in [-0.39, 0.29) is 24.3 Å². The first-order chi connectivity index (χ1) is 14.9. The Morgan fingerprint density at radius 3 is 2.16 bits per heavy atom. The lowest BCUT2D eigenvalue weighted by Crippen LogP contribution is -2.65. The van der Waals surface area contributed by atoms with Gasteiger partial charge < -0.3 is 5.73 Å². The Hall–Kier alpha value is -1.64. The molecular formula is C23H24BrF3IN3O. The van der Waals surface area contributed by atoms with E-state index in [0.717, 1.165) is 9.13 Å². The summed E-state index contributed by atoms with van der Waals surface area (Å²) in [5.41, 5.74) is 4.14. The van der Waals surface area contributed by atoms with Crippen LogP contribution in [-0.4, -0.2) is 23.7 Å². The molecule has 0 radical (unpaired) electrons. The molecule has 0 bridgehead atoms. The molecule has 0 aliphatic heterocycles. The minimum absolute atomic E-state index is 0.0985. The first-order valence-corrected chi connectivity index (χ1v) is 11.8. The van der Waals surface area contributed by atoms with Gasteiger partial charge in [0.2, 0.25) is 5.91 Å². The highest BCUT2D eigenvalue weighted by molar-refractivity contribution is 14.1. The van der Waals surface area contributed by atoms with Gasteiger partial charge in [-0.1, -0.05) is 54.0 Å². The van der Waals surface area contributed by atoms with E-state index in [2.05, 4.69) is 43.8 Å². The SMILES string of the molecule is CC(C)C[C@](N[C@H](C#N)Cc1ccc(I)cc1)(C(N)=O)[C@H](c1ccc(Br)cc1)C(F)(F)F. The Morgan fingerprint density at radius 1 is 1.16 bits per heavy atom. The Kier molecular flexibility index (Phi) is 9.14. The van der Waals surface area contributed by atoms with Crippen molar-refractivity contribution in [3.63, 3.8) is 0 Å². The maximum atomic E-state index is 14.5. The lowest BCUT2D eigenvalue weighted by atomic mass is 9.72. The predicted octanol–water partition coefficient (Wildman–Crippen LogP) is 5.69.